The monoisotopic (exact) mass is 426 g/mol. The molecule has 0 spiro atoms. The number of H-pyrrole nitrogens is 1. The fourth-order valence-corrected chi connectivity index (χ4v) is 4.31. The van der Waals surface area contributed by atoms with Crippen molar-refractivity contribution in [2.45, 2.75) is 32.6 Å². The summed E-state index contributed by atoms with van der Waals surface area (Å²) in [5.41, 5.74) is 4.65. The van der Waals surface area contributed by atoms with E-state index in [0.717, 1.165) is 52.2 Å². The number of piperidine rings is 1. The number of fused-ring (bicyclic) bond motifs is 1. The first kappa shape index (κ1) is 20.2. The molecule has 4 aromatic rings. The average Bonchev–Trinajstić information content (AvgIpc) is 3.23. The van der Waals surface area contributed by atoms with E-state index in [-0.39, 0.29) is 5.91 Å². The van der Waals surface area contributed by atoms with Gasteiger partial charge < -0.3 is 10.2 Å². The van der Waals surface area contributed by atoms with Gasteiger partial charge in [-0.3, -0.25) is 9.89 Å². The second kappa shape index (κ2) is 8.42. The van der Waals surface area contributed by atoms with E-state index in [2.05, 4.69) is 26.6 Å². The standard InChI is InChI=1S/C25H26N6O/c1-16-8-9-21-19(15-16)23(30-29-21)25(32)31-13-10-18(11-14-31)20-6-3-7-22(27-20)28-24-17(2)5-4-12-26-24/h3-9,12,15,18H,10-11,13-14H2,1-2H3,(H,29,30)(H,26,27,28). The summed E-state index contributed by atoms with van der Waals surface area (Å²) in [6.45, 7) is 5.44. The van der Waals surface area contributed by atoms with Gasteiger partial charge in [0.05, 0.1) is 5.52 Å². The highest BCUT2D eigenvalue weighted by Gasteiger charge is 2.27. The van der Waals surface area contributed by atoms with Crippen molar-refractivity contribution in [3.8, 4) is 0 Å². The van der Waals surface area contributed by atoms with Crippen LogP contribution in [0.25, 0.3) is 10.9 Å². The Bertz CT molecular complexity index is 1270. The van der Waals surface area contributed by atoms with Crippen molar-refractivity contribution < 1.29 is 4.79 Å². The van der Waals surface area contributed by atoms with Crippen LogP contribution in [0.2, 0.25) is 0 Å². The quantitative estimate of drug-likeness (QED) is 0.492. The van der Waals surface area contributed by atoms with Gasteiger partial charge in [-0.25, -0.2) is 9.97 Å². The highest BCUT2D eigenvalue weighted by atomic mass is 16.2. The van der Waals surface area contributed by atoms with E-state index in [4.69, 9.17) is 4.98 Å². The number of likely N-dealkylation sites (tertiary alicyclic amines) is 1. The second-order valence-corrected chi connectivity index (χ2v) is 8.43. The SMILES string of the molecule is Cc1ccc2[nH]nc(C(=O)N3CCC(c4cccc(Nc5ncccc5C)n4)CC3)c2c1. The Morgan fingerprint density at radius 2 is 1.94 bits per heavy atom. The van der Waals surface area contributed by atoms with E-state index in [1.807, 2.05) is 61.2 Å². The Kier molecular flexibility index (Phi) is 5.31. The van der Waals surface area contributed by atoms with E-state index in [9.17, 15) is 4.79 Å². The summed E-state index contributed by atoms with van der Waals surface area (Å²) in [6.07, 6.45) is 3.54. The van der Waals surface area contributed by atoms with Crippen LogP contribution < -0.4 is 5.32 Å². The lowest BCUT2D eigenvalue weighted by molar-refractivity contribution is 0.0708. The zero-order chi connectivity index (χ0) is 22.1. The molecule has 1 amide bonds. The number of carbonyl (C=O) groups excluding carboxylic acids is 1. The molecular formula is C25H26N6O. The molecule has 162 valence electrons. The lowest BCUT2D eigenvalue weighted by Crippen LogP contribution is -2.38. The van der Waals surface area contributed by atoms with Gasteiger partial charge in [-0.05, 0) is 62.6 Å². The molecular weight excluding hydrogens is 400 g/mol. The Balaban J connectivity index is 1.27. The Morgan fingerprint density at radius 1 is 1.09 bits per heavy atom. The number of nitrogens with one attached hydrogen (secondary N) is 2. The van der Waals surface area contributed by atoms with Crippen molar-refractivity contribution in [1.82, 2.24) is 25.1 Å². The maximum atomic E-state index is 13.1. The number of benzene rings is 1. The molecule has 1 aliphatic heterocycles. The van der Waals surface area contributed by atoms with Gasteiger partial charge in [-0.15, -0.1) is 0 Å². The number of anilines is 2. The lowest BCUT2D eigenvalue weighted by Gasteiger charge is -2.31. The number of amides is 1. The summed E-state index contributed by atoms with van der Waals surface area (Å²) in [6, 6.07) is 16.0. The van der Waals surface area contributed by atoms with Gasteiger partial charge in [0.1, 0.15) is 11.6 Å². The van der Waals surface area contributed by atoms with Gasteiger partial charge in [0.2, 0.25) is 0 Å². The van der Waals surface area contributed by atoms with Crippen molar-refractivity contribution in [3.05, 3.63) is 77.2 Å². The van der Waals surface area contributed by atoms with Crippen molar-refractivity contribution in [2.24, 2.45) is 0 Å². The molecule has 3 aromatic heterocycles. The van der Waals surface area contributed by atoms with E-state index in [0.29, 0.717) is 24.7 Å². The minimum atomic E-state index is -0.00527. The van der Waals surface area contributed by atoms with Gasteiger partial charge in [0.25, 0.3) is 5.91 Å². The fourth-order valence-electron chi connectivity index (χ4n) is 4.31. The third-order valence-corrected chi connectivity index (χ3v) is 6.15. The smallest absolute Gasteiger partial charge is 0.274 e. The van der Waals surface area contributed by atoms with Crippen molar-refractivity contribution in [2.75, 3.05) is 18.4 Å². The van der Waals surface area contributed by atoms with E-state index >= 15 is 0 Å². The predicted octanol–water partition coefficient (Wildman–Crippen LogP) is 4.73. The van der Waals surface area contributed by atoms with Gasteiger partial charge in [-0.1, -0.05) is 23.8 Å². The first-order valence-corrected chi connectivity index (χ1v) is 11.0. The minimum absolute atomic E-state index is 0.00527. The second-order valence-electron chi connectivity index (χ2n) is 8.43. The van der Waals surface area contributed by atoms with Crippen LogP contribution in [0.15, 0.2) is 54.7 Å². The van der Waals surface area contributed by atoms with Gasteiger partial charge in [0, 0.05) is 36.3 Å². The number of carbonyl (C=O) groups is 1. The maximum Gasteiger partial charge on any atom is 0.274 e. The first-order chi connectivity index (χ1) is 15.6. The number of hydrogen-bond donors (Lipinski definition) is 2. The number of hydrogen-bond acceptors (Lipinski definition) is 5. The summed E-state index contributed by atoms with van der Waals surface area (Å²) < 4.78 is 0. The van der Waals surface area contributed by atoms with Crippen LogP contribution in [0.4, 0.5) is 11.6 Å². The highest BCUT2D eigenvalue weighted by Crippen LogP contribution is 2.29. The lowest BCUT2D eigenvalue weighted by atomic mass is 9.92. The fraction of sp³-hybridized carbons (Fsp3) is 0.280. The molecule has 0 radical (unpaired) electrons. The molecule has 1 saturated heterocycles. The van der Waals surface area contributed by atoms with Gasteiger partial charge in [0.15, 0.2) is 5.69 Å². The summed E-state index contributed by atoms with van der Waals surface area (Å²) in [5.74, 6) is 1.93. The molecule has 5 rings (SSSR count). The van der Waals surface area contributed by atoms with Crippen molar-refractivity contribution in [3.63, 3.8) is 0 Å². The predicted molar refractivity (Wildman–Crippen MR) is 125 cm³/mol. The number of nitrogens with zero attached hydrogens (tertiary/aromatic N) is 4. The van der Waals surface area contributed by atoms with Crippen molar-refractivity contribution in [1.29, 1.82) is 0 Å². The summed E-state index contributed by atoms with van der Waals surface area (Å²) in [5, 5.41) is 11.5. The van der Waals surface area contributed by atoms with Crippen LogP contribution in [-0.4, -0.2) is 44.1 Å². The molecule has 1 fully saturated rings. The van der Waals surface area contributed by atoms with Crippen LogP contribution in [0.3, 0.4) is 0 Å². The maximum absolute atomic E-state index is 13.1. The molecule has 0 aliphatic carbocycles. The van der Waals surface area contributed by atoms with Crippen molar-refractivity contribution >= 4 is 28.4 Å². The number of aromatic amines is 1. The van der Waals surface area contributed by atoms with Crippen LogP contribution in [0.1, 0.15) is 46.1 Å². The van der Waals surface area contributed by atoms with E-state index in [1.165, 1.54) is 0 Å². The molecule has 7 nitrogen and oxygen atoms in total. The molecule has 32 heavy (non-hydrogen) atoms. The normalized spacial score (nSPS) is 14.6. The third kappa shape index (κ3) is 3.93. The van der Waals surface area contributed by atoms with E-state index in [1.54, 1.807) is 6.20 Å². The number of rotatable bonds is 4. The Labute approximate surface area is 186 Å². The number of pyridine rings is 2. The molecule has 1 aromatic carbocycles. The van der Waals surface area contributed by atoms with Crippen LogP contribution >= 0.6 is 0 Å². The zero-order valence-corrected chi connectivity index (χ0v) is 18.3. The molecule has 0 saturated carbocycles. The average molecular weight is 427 g/mol. The van der Waals surface area contributed by atoms with E-state index < -0.39 is 0 Å². The number of aryl methyl sites for hydroxylation is 2. The molecule has 1 aliphatic rings. The topological polar surface area (TPSA) is 86.8 Å². The van der Waals surface area contributed by atoms with Crippen LogP contribution in [0, 0.1) is 13.8 Å². The van der Waals surface area contributed by atoms with Crippen LogP contribution in [0.5, 0.6) is 0 Å². The summed E-state index contributed by atoms with van der Waals surface area (Å²) in [7, 11) is 0. The minimum Gasteiger partial charge on any atom is -0.337 e. The molecule has 7 heteroatoms. The molecule has 4 heterocycles. The summed E-state index contributed by atoms with van der Waals surface area (Å²) >= 11 is 0. The number of aromatic nitrogens is 4. The first-order valence-electron chi connectivity index (χ1n) is 11.0. The third-order valence-electron chi connectivity index (χ3n) is 6.15. The zero-order valence-electron chi connectivity index (χ0n) is 18.3. The van der Waals surface area contributed by atoms with Gasteiger partial charge >= 0.3 is 0 Å². The Morgan fingerprint density at radius 3 is 2.75 bits per heavy atom. The molecule has 0 bridgehead atoms. The van der Waals surface area contributed by atoms with Crippen LogP contribution in [-0.2, 0) is 0 Å². The molecule has 2 N–H and O–H groups in total. The van der Waals surface area contributed by atoms with Gasteiger partial charge in [-0.2, -0.15) is 5.10 Å². The molecule has 0 atom stereocenters. The summed E-state index contributed by atoms with van der Waals surface area (Å²) in [4.78, 5) is 24.3. The Hall–Kier alpha value is -3.74. The molecule has 0 unspecified atom stereocenters. The highest BCUT2D eigenvalue weighted by molar-refractivity contribution is 6.04. The largest absolute Gasteiger partial charge is 0.337 e.